The lowest BCUT2D eigenvalue weighted by Gasteiger charge is -2.26. The lowest BCUT2D eigenvalue weighted by atomic mass is 10.0. The standard InChI is InChI=1S/C26H24FN3O3/c27-20-7-10-24-19(14-20)15-22(16-33-24)29-26(32)28-21-8-5-17(6-9-21)13-25(31)30-12-11-18-3-1-2-4-23(18)30/h1-10,14,22H,11-13,15-16H2,(H2,28,29,32). The SMILES string of the molecule is O=C(Nc1ccc(CC(=O)N2CCc3ccccc32)cc1)NC1COc2ccc(F)cc2C1. The fourth-order valence-corrected chi connectivity index (χ4v) is 4.38. The highest BCUT2D eigenvalue weighted by Gasteiger charge is 2.24. The molecule has 0 bridgehead atoms. The van der Waals surface area contributed by atoms with Crippen molar-refractivity contribution in [2.75, 3.05) is 23.4 Å². The Morgan fingerprint density at radius 1 is 1.03 bits per heavy atom. The molecule has 2 aliphatic heterocycles. The Hall–Kier alpha value is -3.87. The number of fused-ring (bicyclic) bond motifs is 2. The molecule has 0 saturated heterocycles. The van der Waals surface area contributed by atoms with Gasteiger partial charge in [0.1, 0.15) is 18.2 Å². The molecule has 7 heteroatoms. The number of rotatable bonds is 4. The summed E-state index contributed by atoms with van der Waals surface area (Å²) in [4.78, 5) is 27.0. The average Bonchev–Trinajstić information content (AvgIpc) is 3.24. The number of nitrogens with one attached hydrogen (secondary N) is 2. The van der Waals surface area contributed by atoms with E-state index in [1.807, 2.05) is 35.2 Å². The molecule has 0 fully saturated rings. The van der Waals surface area contributed by atoms with E-state index in [2.05, 4.69) is 16.7 Å². The molecule has 3 amide bonds. The van der Waals surface area contributed by atoms with Crippen LogP contribution < -0.4 is 20.3 Å². The van der Waals surface area contributed by atoms with Crippen LogP contribution in [0.4, 0.5) is 20.6 Å². The maximum Gasteiger partial charge on any atom is 0.319 e. The van der Waals surface area contributed by atoms with E-state index in [0.717, 1.165) is 23.2 Å². The molecular weight excluding hydrogens is 421 g/mol. The Morgan fingerprint density at radius 2 is 1.85 bits per heavy atom. The largest absolute Gasteiger partial charge is 0.491 e. The number of halogens is 1. The van der Waals surface area contributed by atoms with Crippen molar-refractivity contribution in [3.8, 4) is 5.75 Å². The summed E-state index contributed by atoms with van der Waals surface area (Å²) in [6, 6.07) is 19.0. The molecule has 5 rings (SSSR count). The van der Waals surface area contributed by atoms with Gasteiger partial charge in [-0.1, -0.05) is 30.3 Å². The van der Waals surface area contributed by atoms with Crippen molar-refractivity contribution in [1.82, 2.24) is 5.32 Å². The first-order chi connectivity index (χ1) is 16.0. The summed E-state index contributed by atoms with van der Waals surface area (Å²) in [7, 11) is 0. The molecule has 0 aliphatic carbocycles. The van der Waals surface area contributed by atoms with E-state index in [1.54, 1.807) is 18.2 Å². The molecule has 2 heterocycles. The zero-order chi connectivity index (χ0) is 22.8. The molecule has 33 heavy (non-hydrogen) atoms. The smallest absolute Gasteiger partial charge is 0.319 e. The third-order valence-electron chi connectivity index (χ3n) is 6.02. The predicted octanol–water partition coefficient (Wildman–Crippen LogP) is 4.08. The van der Waals surface area contributed by atoms with Crippen LogP contribution in [-0.2, 0) is 24.1 Å². The normalized spacial score (nSPS) is 16.4. The Balaban J connectivity index is 1.14. The number of carbonyl (C=O) groups excluding carboxylic acids is 2. The van der Waals surface area contributed by atoms with E-state index >= 15 is 0 Å². The third kappa shape index (κ3) is 4.67. The van der Waals surface area contributed by atoms with Gasteiger partial charge in [-0.05, 0) is 65.9 Å². The van der Waals surface area contributed by atoms with Gasteiger partial charge in [0.25, 0.3) is 0 Å². The Bertz CT molecular complexity index is 1200. The van der Waals surface area contributed by atoms with Crippen LogP contribution in [0.1, 0.15) is 16.7 Å². The van der Waals surface area contributed by atoms with Crippen LogP contribution in [0, 0.1) is 5.82 Å². The minimum absolute atomic E-state index is 0.0624. The fraction of sp³-hybridized carbons (Fsp3) is 0.231. The molecule has 2 aliphatic rings. The summed E-state index contributed by atoms with van der Waals surface area (Å²) in [5, 5.41) is 5.66. The molecule has 0 spiro atoms. The van der Waals surface area contributed by atoms with Crippen LogP contribution in [0.3, 0.4) is 0 Å². The number of anilines is 2. The van der Waals surface area contributed by atoms with Gasteiger partial charge in [-0.3, -0.25) is 4.79 Å². The van der Waals surface area contributed by atoms with E-state index in [0.29, 0.717) is 37.4 Å². The molecule has 0 saturated carbocycles. The Morgan fingerprint density at radius 3 is 2.70 bits per heavy atom. The monoisotopic (exact) mass is 445 g/mol. The van der Waals surface area contributed by atoms with Gasteiger partial charge in [-0.2, -0.15) is 0 Å². The summed E-state index contributed by atoms with van der Waals surface area (Å²) < 4.78 is 19.1. The number of ether oxygens (including phenoxy) is 1. The molecule has 3 aromatic carbocycles. The molecule has 3 aromatic rings. The number of hydrogen-bond donors (Lipinski definition) is 2. The van der Waals surface area contributed by atoms with Gasteiger partial charge in [0, 0.05) is 17.9 Å². The second kappa shape index (κ2) is 8.94. The van der Waals surface area contributed by atoms with Crippen molar-refractivity contribution in [3.05, 3.63) is 89.2 Å². The number of amides is 3. The van der Waals surface area contributed by atoms with Gasteiger partial charge in [0.05, 0.1) is 12.5 Å². The van der Waals surface area contributed by atoms with Crippen molar-refractivity contribution in [3.63, 3.8) is 0 Å². The van der Waals surface area contributed by atoms with E-state index in [4.69, 9.17) is 4.74 Å². The number of urea groups is 1. The van der Waals surface area contributed by atoms with Gasteiger partial charge in [-0.15, -0.1) is 0 Å². The van der Waals surface area contributed by atoms with Crippen molar-refractivity contribution in [2.45, 2.75) is 25.3 Å². The maximum absolute atomic E-state index is 13.5. The summed E-state index contributed by atoms with van der Waals surface area (Å²) >= 11 is 0. The highest BCUT2D eigenvalue weighted by Crippen LogP contribution is 2.28. The van der Waals surface area contributed by atoms with Crippen molar-refractivity contribution in [2.24, 2.45) is 0 Å². The van der Waals surface area contributed by atoms with E-state index < -0.39 is 0 Å². The second-order valence-electron chi connectivity index (χ2n) is 8.36. The highest BCUT2D eigenvalue weighted by atomic mass is 19.1. The predicted molar refractivity (Wildman–Crippen MR) is 124 cm³/mol. The van der Waals surface area contributed by atoms with E-state index in [9.17, 15) is 14.0 Å². The number of hydrogen-bond acceptors (Lipinski definition) is 3. The Labute approximate surface area is 191 Å². The molecular formula is C26H24FN3O3. The minimum Gasteiger partial charge on any atom is -0.491 e. The number of carbonyl (C=O) groups is 2. The third-order valence-corrected chi connectivity index (χ3v) is 6.02. The summed E-state index contributed by atoms with van der Waals surface area (Å²) in [6.45, 7) is 1.03. The minimum atomic E-state index is -0.360. The first-order valence-corrected chi connectivity index (χ1v) is 11.0. The second-order valence-corrected chi connectivity index (χ2v) is 8.36. The summed E-state index contributed by atoms with van der Waals surface area (Å²) in [6.07, 6.45) is 1.68. The van der Waals surface area contributed by atoms with Crippen LogP contribution in [0.2, 0.25) is 0 Å². The van der Waals surface area contributed by atoms with Crippen LogP contribution in [0.15, 0.2) is 66.7 Å². The van der Waals surface area contributed by atoms with Crippen LogP contribution in [0.5, 0.6) is 5.75 Å². The van der Waals surface area contributed by atoms with Crippen LogP contribution >= 0.6 is 0 Å². The van der Waals surface area contributed by atoms with Crippen molar-refractivity contribution < 1.29 is 18.7 Å². The van der Waals surface area contributed by atoms with Crippen molar-refractivity contribution in [1.29, 1.82) is 0 Å². The molecule has 1 atom stereocenters. The van der Waals surface area contributed by atoms with Crippen molar-refractivity contribution >= 4 is 23.3 Å². The van der Waals surface area contributed by atoms with Gasteiger partial charge < -0.3 is 20.3 Å². The fourth-order valence-electron chi connectivity index (χ4n) is 4.38. The lowest BCUT2D eigenvalue weighted by Crippen LogP contribution is -2.44. The lowest BCUT2D eigenvalue weighted by molar-refractivity contribution is -0.117. The average molecular weight is 445 g/mol. The van der Waals surface area contributed by atoms with Gasteiger partial charge in [0.15, 0.2) is 0 Å². The van der Waals surface area contributed by atoms with E-state index in [1.165, 1.54) is 17.7 Å². The summed E-state index contributed by atoms with van der Waals surface area (Å²) in [5.74, 6) is 0.389. The highest BCUT2D eigenvalue weighted by molar-refractivity contribution is 5.96. The Kier molecular flexibility index (Phi) is 5.69. The van der Waals surface area contributed by atoms with Crippen LogP contribution in [0.25, 0.3) is 0 Å². The van der Waals surface area contributed by atoms with Gasteiger partial charge in [0.2, 0.25) is 5.91 Å². The maximum atomic E-state index is 13.5. The van der Waals surface area contributed by atoms with E-state index in [-0.39, 0.29) is 23.8 Å². The molecule has 6 nitrogen and oxygen atoms in total. The zero-order valence-electron chi connectivity index (χ0n) is 18.0. The molecule has 0 radical (unpaired) electrons. The number of nitrogens with zero attached hydrogens (tertiary/aromatic N) is 1. The first-order valence-electron chi connectivity index (χ1n) is 11.0. The quantitative estimate of drug-likeness (QED) is 0.636. The zero-order valence-corrected chi connectivity index (χ0v) is 18.0. The molecule has 2 N–H and O–H groups in total. The molecule has 168 valence electrons. The van der Waals surface area contributed by atoms with Crippen LogP contribution in [-0.4, -0.2) is 31.1 Å². The summed E-state index contributed by atoms with van der Waals surface area (Å²) in [5.41, 5.74) is 4.44. The number of benzene rings is 3. The van der Waals surface area contributed by atoms with Gasteiger partial charge >= 0.3 is 6.03 Å². The molecule has 0 aromatic heterocycles. The first kappa shape index (κ1) is 21.0. The number of para-hydroxylation sites is 1. The van der Waals surface area contributed by atoms with Gasteiger partial charge in [-0.25, -0.2) is 9.18 Å². The molecule has 1 unspecified atom stereocenters. The topological polar surface area (TPSA) is 70.7 Å².